The van der Waals surface area contributed by atoms with Crippen LogP contribution in [-0.2, 0) is 6.61 Å². The van der Waals surface area contributed by atoms with Crippen LogP contribution in [0.3, 0.4) is 0 Å². The number of nitrogens with zero attached hydrogens (tertiary/aromatic N) is 2. The molecule has 0 radical (unpaired) electrons. The number of fused-ring (bicyclic) bond motifs is 1. The molecule has 0 aliphatic rings. The molecule has 0 fully saturated rings. The van der Waals surface area contributed by atoms with Gasteiger partial charge >= 0.3 is 0 Å². The summed E-state index contributed by atoms with van der Waals surface area (Å²) < 4.78 is 6.89. The maximum Gasteiger partial charge on any atom is 0.261 e. The Morgan fingerprint density at radius 3 is 2.81 bits per heavy atom. The lowest BCUT2D eigenvalue weighted by Gasteiger charge is -2.10. The fraction of sp³-hybridized carbons (Fsp3) is 0.150. The predicted octanol–water partition coefficient (Wildman–Crippen LogP) is 5.20. The van der Waals surface area contributed by atoms with Gasteiger partial charge in [0.05, 0.1) is 26.5 Å². The zero-order valence-electron chi connectivity index (χ0n) is 14.9. The van der Waals surface area contributed by atoms with Gasteiger partial charge in [-0.2, -0.15) is 0 Å². The third-order valence-electron chi connectivity index (χ3n) is 3.94. The highest BCUT2D eigenvalue weighted by Crippen LogP contribution is 2.28. The molecule has 2 aromatic heterocycles. The number of rotatable bonds is 5. The lowest BCUT2D eigenvalue weighted by molar-refractivity contribution is 0.102. The first-order chi connectivity index (χ1) is 13.1. The van der Waals surface area contributed by atoms with Crippen LogP contribution in [0.25, 0.3) is 10.2 Å². The molecule has 0 bridgehead atoms. The van der Waals surface area contributed by atoms with Crippen molar-refractivity contribution in [1.29, 1.82) is 0 Å². The molecule has 0 saturated heterocycles. The van der Waals surface area contributed by atoms with Crippen molar-refractivity contribution in [2.75, 3.05) is 5.32 Å². The number of hydrogen-bond donors (Lipinski definition) is 1. The summed E-state index contributed by atoms with van der Waals surface area (Å²) in [4.78, 5) is 21.6. The van der Waals surface area contributed by atoms with E-state index in [1.165, 1.54) is 16.9 Å². The Labute approximate surface area is 164 Å². The second-order valence-corrected chi connectivity index (χ2v) is 8.18. The number of aryl methyl sites for hydroxylation is 2. The van der Waals surface area contributed by atoms with Crippen molar-refractivity contribution in [2.45, 2.75) is 20.5 Å². The van der Waals surface area contributed by atoms with Gasteiger partial charge in [0.2, 0.25) is 0 Å². The van der Waals surface area contributed by atoms with Crippen LogP contribution in [0, 0.1) is 13.8 Å². The van der Waals surface area contributed by atoms with Crippen molar-refractivity contribution in [2.24, 2.45) is 0 Å². The van der Waals surface area contributed by atoms with Crippen LogP contribution in [0.5, 0.6) is 5.75 Å². The van der Waals surface area contributed by atoms with Gasteiger partial charge in [-0.15, -0.1) is 11.3 Å². The summed E-state index contributed by atoms with van der Waals surface area (Å²) in [6.07, 6.45) is 0. The molecule has 4 rings (SSSR count). The molecular formula is C20H17N3O2S2. The molecule has 5 nitrogen and oxygen atoms in total. The van der Waals surface area contributed by atoms with E-state index < -0.39 is 0 Å². The smallest absolute Gasteiger partial charge is 0.261 e. The van der Waals surface area contributed by atoms with E-state index in [1.807, 2.05) is 43.5 Å². The zero-order chi connectivity index (χ0) is 18.8. The average molecular weight is 396 g/mol. The van der Waals surface area contributed by atoms with Crippen LogP contribution >= 0.6 is 22.7 Å². The molecule has 0 aliphatic heterocycles. The molecule has 2 heterocycles. The van der Waals surface area contributed by atoms with Gasteiger partial charge in [-0.25, -0.2) is 9.97 Å². The first-order valence-corrected chi connectivity index (χ1v) is 10.1. The van der Waals surface area contributed by atoms with E-state index in [-0.39, 0.29) is 5.91 Å². The van der Waals surface area contributed by atoms with Crippen molar-refractivity contribution in [1.82, 2.24) is 9.97 Å². The van der Waals surface area contributed by atoms with Gasteiger partial charge in [-0.3, -0.25) is 10.1 Å². The molecule has 0 aliphatic carbocycles. The summed E-state index contributed by atoms with van der Waals surface area (Å²) in [6.45, 7) is 4.32. The molecule has 27 heavy (non-hydrogen) atoms. The van der Waals surface area contributed by atoms with Gasteiger partial charge in [-0.1, -0.05) is 29.5 Å². The van der Waals surface area contributed by atoms with Gasteiger partial charge in [0.1, 0.15) is 12.4 Å². The quantitative estimate of drug-likeness (QED) is 0.504. The number of carbonyl (C=O) groups excluding carboxylic acids is 1. The highest BCUT2D eigenvalue weighted by Gasteiger charge is 2.15. The predicted molar refractivity (Wildman–Crippen MR) is 110 cm³/mol. The maximum atomic E-state index is 12.8. The monoisotopic (exact) mass is 395 g/mol. The molecule has 0 saturated carbocycles. The first kappa shape index (κ1) is 17.6. The van der Waals surface area contributed by atoms with Gasteiger partial charge in [-0.05, 0) is 43.7 Å². The summed E-state index contributed by atoms with van der Waals surface area (Å²) in [5.74, 6) is 0.286. The normalized spacial score (nSPS) is 10.9. The molecule has 1 amide bonds. The van der Waals surface area contributed by atoms with Crippen LogP contribution in [0.4, 0.5) is 5.13 Å². The number of amides is 1. The number of para-hydroxylation sites is 1. The number of ether oxygens (including phenoxy) is 1. The van der Waals surface area contributed by atoms with E-state index in [0.29, 0.717) is 23.1 Å². The fourth-order valence-electron chi connectivity index (χ4n) is 2.66. The van der Waals surface area contributed by atoms with E-state index in [9.17, 15) is 4.79 Å². The summed E-state index contributed by atoms with van der Waals surface area (Å²) in [5, 5.41) is 6.41. The zero-order valence-corrected chi connectivity index (χ0v) is 16.5. The second-order valence-electron chi connectivity index (χ2n) is 6.09. The van der Waals surface area contributed by atoms with Crippen molar-refractivity contribution in [3.63, 3.8) is 0 Å². The molecule has 2 aromatic carbocycles. The number of thiazole rings is 2. The lowest BCUT2D eigenvalue weighted by atomic mass is 10.2. The standard InChI is InChI=1S/C20H17N3O2S2/c1-12-7-8-16-18(9-12)27-20(22-16)23-19(24)15-5-3-4-6-17(15)25-10-14-11-26-13(2)21-14/h3-9,11H,10H2,1-2H3,(H,22,23,24). The molecule has 0 atom stereocenters. The minimum atomic E-state index is -0.240. The summed E-state index contributed by atoms with van der Waals surface area (Å²) in [6, 6.07) is 13.2. The minimum Gasteiger partial charge on any atom is -0.486 e. The van der Waals surface area contributed by atoms with Crippen molar-refractivity contribution in [3.8, 4) is 5.75 Å². The largest absolute Gasteiger partial charge is 0.486 e. The Morgan fingerprint density at radius 1 is 1.15 bits per heavy atom. The highest BCUT2D eigenvalue weighted by atomic mass is 32.1. The molecule has 7 heteroatoms. The van der Waals surface area contributed by atoms with Crippen LogP contribution in [0.2, 0.25) is 0 Å². The Bertz CT molecular complexity index is 1120. The Hall–Kier alpha value is -2.77. The molecule has 1 N–H and O–H groups in total. The van der Waals surface area contributed by atoms with Crippen molar-refractivity contribution < 1.29 is 9.53 Å². The van der Waals surface area contributed by atoms with E-state index in [1.54, 1.807) is 23.5 Å². The van der Waals surface area contributed by atoms with E-state index in [4.69, 9.17) is 4.74 Å². The van der Waals surface area contributed by atoms with Crippen molar-refractivity contribution in [3.05, 3.63) is 69.7 Å². The Balaban J connectivity index is 1.52. The summed E-state index contributed by atoms with van der Waals surface area (Å²) in [5.41, 5.74) is 3.37. The molecule has 136 valence electrons. The first-order valence-electron chi connectivity index (χ1n) is 8.40. The summed E-state index contributed by atoms with van der Waals surface area (Å²) >= 11 is 3.04. The van der Waals surface area contributed by atoms with Crippen LogP contribution in [0.15, 0.2) is 47.8 Å². The number of nitrogens with one attached hydrogen (secondary N) is 1. The Kier molecular flexibility index (Phi) is 4.87. The van der Waals surface area contributed by atoms with Gasteiger partial charge < -0.3 is 4.74 Å². The molecule has 0 unspecified atom stereocenters. The Morgan fingerprint density at radius 2 is 2.00 bits per heavy atom. The maximum absolute atomic E-state index is 12.8. The van der Waals surface area contributed by atoms with Crippen molar-refractivity contribution >= 4 is 43.9 Å². The van der Waals surface area contributed by atoms with Gasteiger partial charge in [0.25, 0.3) is 5.91 Å². The number of carbonyl (C=O) groups is 1. The minimum absolute atomic E-state index is 0.240. The van der Waals surface area contributed by atoms with E-state index in [2.05, 4.69) is 21.4 Å². The topological polar surface area (TPSA) is 64.1 Å². The second kappa shape index (κ2) is 7.46. The third kappa shape index (κ3) is 3.99. The van der Waals surface area contributed by atoms with Gasteiger partial charge in [0.15, 0.2) is 5.13 Å². The fourth-order valence-corrected chi connectivity index (χ4v) is 4.21. The lowest BCUT2D eigenvalue weighted by Crippen LogP contribution is -2.13. The molecule has 0 spiro atoms. The van der Waals surface area contributed by atoms with Crippen LogP contribution in [0.1, 0.15) is 26.6 Å². The van der Waals surface area contributed by atoms with Crippen LogP contribution < -0.4 is 10.1 Å². The molecular weight excluding hydrogens is 378 g/mol. The van der Waals surface area contributed by atoms with E-state index in [0.717, 1.165) is 20.9 Å². The number of hydrogen-bond acceptors (Lipinski definition) is 6. The molecule has 4 aromatic rings. The third-order valence-corrected chi connectivity index (χ3v) is 5.69. The number of aromatic nitrogens is 2. The van der Waals surface area contributed by atoms with Gasteiger partial charge in [0, 0.05) is 5.38 Å². The highest BCUT2D eigenvalue weighted by molar-refractivity contribution is 7.22. The number of benzene rings is 2. The number of anilines is 1. The average Bonchev–Trinajstić information content (AvgIpc) is 3.25. The van der Waals surface area contributed by atoms with E-state index >= 15 is 0 Å². The van der Waals surface area contributed by atoms with Crippen LogP contribution in [-0.4, -0.2) is 15.9 Å². The SMILES string of the molecule is Cc1ccc2nc(NC(=O)c3ccccc3OCc3csc(C)n3)sc2c1. The summed E-state index contributed by atoms with van der Waals surface area (Å²) in [7, 11) is 0.